The fourth-order valence-electron chi connectivity index (χ4n) is 2.44. The van der Waals surface area contributed by atoms with Gasteiger partial charge in [-0.1, -0.05) is 11.8 Å². The van der Waals surface area contributed by atoms with Gasteiger partial charge >= 0.3 is 0 Å². The summed E-state index contributed by atoms with van der Waals surface area (Å²) in [4.78, 5) is 24.0. The molecule has 0 atom stereocenters. The maximum absolute atomic E-state index is 13.6. The number of benzene rings is 1. The fourth-order valence-corrected chi connectivity index (χ4v) is 3.26. The molecule has 0 aliphatic rings. The van der Waals surface area contributed by atoms with Gasteiger partial charge in [0.25, 0.3) is 5.91 Å². The summed E-state index contributed by atoms with van der Waals surface area (Å²) >= 11 is 1.11. The molecule has 2 N–H and O–H groups in total. The molecule has 0 spiro atoms. The molecule has 0 aliphatic carbocycles. The predicted molar refractivity (Wildman–Crippen MR) is 101 cm³/mol. The van der Waals surface area contributed by atoms with Gasteiger partial charge in [0, 0.05) is 12.6 Å². The second kappa shape index (κ2) is 9.32. The van der Waals surface area contributed by atoms with E-state index < -0.39 is 17.5 Å². The first-order chi connectivity index (χ1) is 14.0. The number of anilines is 1. The zero-order valence-corrected chi connectivity index (χ0v) is 16.1. The number of hydrogen-bond acceptors (Lipinski definition) is 6. The summed E-state index contributed by atoms with van der Waals surface area (Å²) in [6.45, 7) is 2.53. The normalized spacial score (nSPS) is 10.7. The van der Waals surface area contributed by atoms with E-state index in [1.54, 1.807) is 16.7 Å². The van der Waals surface area contributed by atoms with E-state index in [1.165, 1.54) is 6.26 Å². The van der Waals surface area contributed by atoms with Crippen LogP contribution in [-0.2, 0) is 17.9 Å². The Labute approximate surface area is 168 Å². The molecule has 2 heterocycles. The van der Waals surface area contributed by atoms with Crippen molar-refractivity contribution in [2.75, 3.05) is 11.1 Å². The van der Waals surface area contributed by atoms with Gasteiger partial charge < -0.3 is 19.6 Å². The molecule has 0 saturated heterocycles. The van der Waals surface area contributed by atoms with Crippen LogP contribution in [0.3, 0.4) is 0 Å². The predicted octanol–water partition coefficient (Wildman–Crippen LogP) is 2.83. The average molecular weight is 421 g/mol. The molecule has 0 bridgehead atoms. The maximum atomic E-state index is 13.6. The Morgan fingerprint density at radius 3 is 2.76 bits per heavy atom. The van der Waals surface area contributed by atoms with Gasteiger partial charge in [-0.15, -0.1) is 10.2 Å². The van der Waals surface area contributed by atoms with Crippen molar-refractivity contribution in [2.45, 2.75) is 25.2 Å². The van der Waals surface area contributed by atoms with E-state index in [0.29, 0.717) is 23.6 Å². The minimum absolute atomic E-state index is 0.0479. The molecular formula is C18H17F2N5O3S. The number of hydrogen-bond donors (Lipinski definition) is 2. The largest absolute Gasteiger partial charge is 0.459 e. The van der Waals surface area contributed by atoms with E-state index in [4.69, 9.17) is 4.42 Å². The Bertz CT molecular complexity index is 1010. The lowest BCUT2D eigenvalue weighted by Gasteiger charge is -2.08. The zero-order valence-electron chi connectivity index (χ0n) is 15.3. The molecule has 2 aromatic heterocycles. The van der Waals surface area contributed by atoms with Gasteiger partial charge in [0.05, 0.1) is 24.2 Å². The molecule has 0 saturated carbocycles. The van der Waals surface area contributed by atoms with Gasteiger partial charge in [-0.2, -0.15) is 0 Å². The van der Waals surface area contributed by atoms with Crippen LogP contribution >= 0.6 is 11.8 Å². The van der Waals surface area contributed by atoms with E-state index in [1.807, 2.05) is 6.92 Å². The molecule has 0 fully saturated rings. The van der Waals surface area contributed by atoms with Gasteiger partial charge in [-0.25, -0.2) is 8.78 Å². The van der Waals surface area contributed by atoms with Gasteiger partial charge in [-0.3, -0.25) is 9.59 Å². The zero-order chi connectivity index (χ0) is 20.8. The lowest BCUT2D eigenvalue weighted by molar-refractivity contribution is -0.113. The highest BCUT2D eigenvalue weighted by atomic mass is 32.2. The number of carbonyl (C=O) groups is 2. The highest BCUT2D eigenvalue weighted by Gasteiger charge is 2.16. The van der Waals surface area contributed by atoms with E-state index in [9.17, 15) is 18.4 Å². The first-order valence-corrected chi connectivity index (χ1v) is 9.58. The average Bonchev–Trinajstić information content (AvgIpc) is 3.36. The second-order valence-corrected chi connectivity index (χ2v) is 6.71. The van der Waals surface area contributed by atoms with Crippen LogP contribution in [0.1, 0.15) is 23.3 Å². The standard InChI is InChI=1S/C18H17F2N5O3S/c1-2-25-15(9-21-17(27)14-4-3-7-28-14)23-24-18(25)29-10-16(26)22-13-6-5-11(19)8-12(13)20/h3-8H,2,9-10H2,1H3,(H,21,27)(H,22,26). The second-order valence-electron chi connectivity index (χ2n) is 5.76. The van der Waals surface area contributed by atoms with Crippen LogP contribution in [0, 0.1) is 11.6 Å². The van der Waals surface area contributed by atoms with Crippen LogP contribution < -0.4 is 10.6 Å². The minimum Gasteiger partial charge on any atom is -0.459 e. The third-order valence-electron chi connectivity index (χ3n) is 3.80. The first-order valence-electron chi connectivity index (χ1n) is 8.59. The molecule has 29 heavy (non-hydrogen) atoms. The van der Waals surface area contributed by atoms with Crippen molar-refractivity contribution in [2.24, 2.45) is 0 Å². The lowest BCUT2D eigenvalue weighted by Crippen LogP contribution is -2.24. The van der Waals surface area contributed by atoms with Crippen molar-refractivity contribution in [3.05, 3.63) is 59.8 Å². The highest BCUT2D eigenvalue weighted by molar-refractivity contribution is 7.99. The summed E-state index contributed by atoms with van der Waals surface area (Å²) < 4.78 is 33.3. The van der Waals surface area contributed by atoms with E-state index >= 15 is 0 Å². The van der Waals surface area contributed by atoms with Crippen LogP contribution in [0.4, 0.5) is 14.5 Å². The Hall–Kier alpha value is -3.21. The van der Waals surface area contributed by atoms with Crippen molar-refractivity contribution in [1.29, 1.82) is 0 Å². The molecular weight excluding hydrogens is 404 g/mol. The number of aromatic nitrogens is 3. The van der Waals surface area contributed by atoms with Gasteiger partial charge in [0.1, 0.15) is 11.6 Å². The summed E-state index contributed by atoms with van der Waals surface area (Å²) in [6.07, 6.45) is 1.40. The van der Waals surface area contributed by atoms with E-state index in [2.05, 4.69) is 20.8 Å². The smallest absolute Gasteiger partial charge is 0.287 e. The topological polar surface area (TPSA) is 102 Å². The third-order valence-corrected chi connectivity index (χ3v) is 4.77. The Balaban J connectivity index is 1.57. The minimum atomic E-state index is -0.852. The maximum Gasteiger partial charge on any atom is 0.287 e. The lowest BCUT2D eigenvalue weighted by atomic mass is 10.3. The number of nitrogens with zero attached hydrogens (tertiary/aromatic N) is 3. The van der Waals surface area contributed by atoms with E-state index in [-0.39, 0.29) is 29.7 Å². The van der Waals surface area contributed by atoms with Crippen molar-refractivity contribution in [3.8, 4) is 0 Å². The summed E-state index contributed by atoms with van der Waals surface area (Å²) in [5, 5.41) is 13.6. The van der Waals surface area contributed by atoms with Crippen LogP contribution in [-0.4, -0.2) is 32.3 Å². The van der Waals surface area contributed by atoms with Gasteiger partial charge in [-0.05, 0) is 31.2 Å². The first kappa shape index (κ1) is 20.5. The summed E-state index contributed by atoms with van der Waals surface area (Å²) in [7, 11) is 0. The molecule has 8 nitrogen and oxygen atoms in total. The van der Waals surface area contributed by atoms with Crippen molar-refractivity contribution in [3.63, 3.8) is 0 Å². The number of rotatable bonds is 8. The fraction of sp³-hybridized carbons (Fsp3) is 0.222. The number of furan rings is 1. The monoisotopic (exact) mass is 421 g/mol. The van der Waals surface area contributed by atoms with Crippen molar-refractivity contribution in [1.82, 2.24) is 20.1 Å². The molecule has 11 heteroatoms. The SMILES string of the molecule is CCn1c(CNC(=O)c2ccco2)nnc1SCC(=O)Nc1ccc(F)cc1F. The van der Waals surface area contributed by atoms with Crippen LogP contribution in [0.15, 0.2) is 46.2 Å². The molecule has 0 unspecified atom stereocenters. The number of nitrogens with one attached hydrogen (secondary N) is 2. The van der Waals surface area contributed by atoms with E-state index in [0.717, 1.165) is 23.9 Å². The summed E-state index contributed by atoms with van der Waals surface area (Å²) in [5.74, 6) is -1.78. The van der Waals surface area contributed by atoms with Crippen molar-refractivity contribution >= 4 is 29.3 Å². The molecule has 3 aromatic rings. The van der Waals surface area contributed by atoms with Gasteiger partial charge in [0.15, 0.2) is 16.7 Å². The van der Waals surface area contributed by atoms with Crippen molar-refractivity contribution < 1.29 is 22.8 Å². The Kier molecular flexibility index (Phi) is 6.60. The van der Waals surface area contributed by atoms with Gasteiger partial charge in [0.2, 0.25) is 5.91 Å². The third kappa shape index (κ3) is 5.19. The molecule has 152 valence electrons. The number of thioether (sulfide) groups is 1. The molecule has 0 radical (unpaired) electrons. The van der Waals surface area contributed by atoms with Crippen LogP contribution in [0.5, 0.6) is 0 Å². The Morgan fingerprint density at radius 1 is 1.24 bits per heavy atom. The molecule has 1 aromatic carbocycles. The number of amides is 2. The number of halogens is 2. The summed E-state index contributed by atoms with van der Waals surface area (Å²) in [5.41, 5.74) is -0.102. The number of carbonyl (C=O) groups excluding carboxylic acids is 2. The van der Waals surface area contributed by atoms with Crippen LogP contribution in [0.2, 0.25) is 0 Å². The summed E-state index contributed by atoms with van der Waals surface area (Å²) in [6, 6.07) is 6.06. The Morgan fingerprint density at radius 2 is 2.07 bits per heavy atom. The molecule has 2 amide bonds. The molecule has 3 rings (SSSR count). The van der Waals surface area contributed by atoms with Crippen LogP contribution in [0.25, 0.3) is 0 Å². The highest BCUT2D eigenvalue weighted by Crippen LogP contribution is 2.19. The quantitative estimate of drug-likeness (QED) is 0.543. The molecule has 0 aliphatic heterocycles.